The van der Waals surface area contributed by atoms with E-state index < -0.39 is 6.04 Å². The van der Waals surface area contributed by atoms with Crippen molar-refractivity contribution in [1.29, 1.82) is 0 Å². The van der Waals surface area contributed by atoms with Crippen molar-refractivity contribution in [3.05, 3.63) is 107 Å². The first kappa shape index (κ1) is 23.2. The van der Waals surface area contributed by atoms with E-state index in [1.165, 1.54) is 5.56 Å². The maximum atomic E-state index is 13.2. The van der Waals surface area contributed by atoms with Gasteiger partial charge in [0.05, 0.1) is 0 Å². The van der Waals surface area contributed by atoms with Gasteiger partial charge in [-0.05, 0) is 49.7 Å². The molecule has 3 rings (SSSR count). The second-order valence-electron chi connectivity index (χ2n) is 8.18. The number of carbonyl (C=O) groups is 2. The van der Waals surface area contributed by atoms with Crippen molar-refractivity contribution in [3.63, 3.8) is 0 Å². The highest BCUT2D eigenvalue weighted by atomic mass is 16.2. The predicted octanol–water partition coefficient (Wildman–Crippen LogP) is 4.31. The summed E-state index contributed by atoms with van der Waals surface area (Å²) < 4.78 is 0. The van der Waals surface area contributed by atoms with E-state index in [1.807, 2.05) is 54.6 Å². The van der Waals surface area contributed by atoms with Crippen molar-refractivity contribution in [2.75, 3.05) is 7.05 Å². The van der Waals surface area contributed by atoms with Crippen LogP contribution in [0.5, 0.6) is 0 Å². The number of hydrogen-bond donors (Lipinski definition) is 2. The van der Waals surface area contributed by atoms with Crippen molar-refractivity contribution in [2.24, 2.45) is 0 Å². The van der Waals surface area contributed by atoms with Crippen molar-refractivity contribution in [3.8, 4) is 0 Å². The van der Waals surface area contributed by atoms with Crippen LogP contribution in [-0.4, -0.2) is 29.8 Å². The van der Waals surface area contributed by atoms with Gasteiger partial charge in [-0.1, -0.05) is 72.8 Å². The molecule has 1 atom stereocenters. The first-order chi connectivity index (χ1) is 15.5. The van der Waals surface area contributed by atoms with Gasteiger partial charge in [0, 0.05) is 24.7 Å². The summed E-state index contributed by atoms with van der Waals surface area (Å²) in [6.45, 7) is 5.51. The number of amides is 2. The Labute approximate surface area is 190 Å². The summed E-state index contributed by atoms with van der Waals surface area (Å²) in [5, 5.41) is 5.91. The van der Waals surface area contributed by atoms with E-state index in [4.69, 9.17) is 0 Å². The fourth-order valence-electron chi connectivity index (χ4n) is 3.37. The normalized spacial score (nSPS) is 11.9. The molecule has 166 valence electrons. The van der Waals surface area contributed by atoms with Crippen molar-refractivity contribution in [2.45, 2.75) is 39.0 Å². The Kier molecular flexibility index (Phi) is 8.17. The average Bonchev–Trinajstić information content (AvgIpc) is 2.82. The molecule has 0 aliphatic heterocycles. The summed E-state index contributed by atoms with van der Waals surface area (Å²) in [4.78, 5) is 28.2. The van der Waals surface area contributed by atoms with Gasteiger partial charge in [-0.2, -0.15) is 0 Å². The molecule has 3 aromatic rings. The van der Waals surface area contributed by atoms with Crippen LogP contribution in [0.3, 0.4) is 0 Å². The van der Waals surface area contributed by atoms with Gasteiger partial charge >= 0.3 is 0 Å². The van der Waals surface area contributed by atoms with Crippen LogP contribution < -0.4 is 10.6 Å². The standard InChI is InChI=1S/C27H31N3O2/c1-20(2)30(3)19-24-17-11-10-16-23(24)18-28-27(32)25(21-12-6-4-7-13-21)29-26(31)22-14-8-5-9-15-22/h4-17,20,25H,18-19H2,1-3H3,(H,28,32)(H,29,31). The van der Waals surface area contributed by atoms with Crippen LogP contribution in [0, 0.1) is 0 Å². The van der Waals surface area contributed by atoms with Crippen LogP contribution in [0.25, 0.3) is 0 Å². The van der Waals surface area contributed by atoms with E-state index in [0.717, 1.165) is 17.7 Å². The third kappa shape index (κ3) is 6.28. The zero-order valence-corrected chi connectivity index (χ0v) is 18.9. The monoisotopic (exact) mass is 429 g/mol. The maximum Gasteiger partial charge on any atom is 0.252 e. The molecule has 2 N–H and O–H groups in total. The van der Waals surface area contributed by atoms with E-state index in [2.05, 4.69) is 42.5 Å². The molecule has 3 aromatic carbocycles. The van der Waals surface area contributed by atoms with E-state index >= 15 is 0 Å². The molecule has 5 heteroatoms. The molecule has 0 aromatic heterocycles. The molecule has 0 heterocycles. The minimum absolute atomic E-state index is 0.243. The fourth-order valence-corrected chi connectivity index (χ4v) is 3.37. The Hall–Kier alpha value is -3.44. The molecule has 0 aliphatic rings. The summed E-state index contributed by atoms with van der Waals surface area (Å²) in [7, 11) is 2.09. The molecule has 5 nitrogen and oxygen atoms in total. The summed E-state index contributed by atoms with van der Waals surface area (Å²) in [6.07, 6.45) is 0. The van der Waals surface area contributed by atoms with Gasteiger partial charge in [0.2, 0.25) is 5.91 Å². The van der Waals surface area contributed by atoms with E-state index in [0.29, 0.717) is 18.2 Å². The molecule has 0 saturated carbocycles. The van der Waals surface area contributed by atoms with Crippen LogP contribution in [0.4, 0.5) is 0 Å². The summed E-state index contributed by atoms with van der Waals surface area (Å²) in [6, 6.07) is 26.0. The lowest BCUT2D eigenvalue weighted by Gasteiger charge is -2.23. The van der Waals surface area contributed by atoms with Crippen LogP contribution in [0.2, 0.25) is 0 Å². The molecule has 1 unspecified atom stereocenters. The van der Waals surface area contributed by atoms with Gasteiger partial charge in [-0.25, -0.2) is 0 Å². The zero-order valence-electron chi connectivity index (χ0n) is 18.9. The topological polar surface area (TPSA) is 61.4 Å². The fraction of sp³-hybridized carbons (Fsp3) is 0.259. The lowest BCUT2D eigenvalue weighted by molar-refractivity contribution is -0.123. The first-order valence-corrected chi connectivity index (χ1v) is 10.9. The highest BCUT2D eigenvalue weighted by Gasteiger charge is 2.23. The Morgan fingerprint density at radius 2 is 1.38 bits per heavy atom. The van der Waals surface area contributed by atoms with Gasteiger partial charge < -0.3 is 10.6 Å². The van der Waals surface area contributed by atoms with Crippen molar-refractivity contribution >= 4 is 11.8 Å². The van der Waals surface area contributed by atoms with Crippen molar-refractivity contribution < 1.29 is 9.59 Å². The molecule has 0 spiro atoms. The second-order valence-corrected chi connectivity index (χ2v) is 8.18. The van der Waals surface area contributed by atoms with Gasteiger partial charge in [0.1, 0.15) is 6.04 Å². The minimum Gasteiger partial charge on any atom is -0.350 e. The summed E-state index contributed by atoms with van der Waals surface area (Å²) >= 11 is 0. The average molecular weight is 430 g/mol. The molecule has 0 bridgehead atoms. The van der Waals surface area contributed by atoms with Crippen LogP contribution in [0.15, 0.2) is 84.9 Å². The largest absolute Gasteiger partial charge is 0.350 e. The third-order valence-corrected chi connectivity index (χ3v) is 5.58. The van der Waals surface area contributed by atoms with Gasteiger partial charge in [-0.15, -0.1) is 0 Å². The number of benzene rings is 3. The molecular weight excluding hydrogens is 398 g/mol. The third-order valence-electron chi connectivity index (χ3n) is 5.58. The quantitative estimate of drug-likeness (QED) is 0.533. The number of carbonyl (C=O) groups excluding carboxylic acids is 2. The second kappa shape index (κ2) is 11.3. The smallest absolute Gasteiger partial charge is 0.252 e. The zero-order chi connectivity index (χ0) is 22.9. The molecular formula is C27H31N3O2. The van der Waals surface area contributed by atoms with E-state index in [9.17, 15) is 9.59 Å². The lowest BCUT2D eigenvalue weighted by Crippen LogP contribution is -2.40. The Morgan fingerprint density at radius 3 is 2.00 bits per heavy atom. The Bertz CT molecular complexity index is 1020. The van der Waals surface area contributed by atoms with Crippen LogP contribution >= 0.6 is 0 Å². The van der Waals surface area contributed by atoms with Gasteiger partial charge in [0.25, 0.3) is 5.91 Å². The summed E-state index contributed by atoms with van der Waals surface area (Å²) in [5.74, 6) is -0.527. The molecule has 0 radical (unpaired) electrons. The highest BCUT2D eigenvalue weighted by Crippen LogP contribution is 2.16. The molecule has 0 saturated heterocycles. The van der Waals surface area contributed by atoms with E-state index in [-0.39, 0.29) is 11.8 Å². The first-order valence-electron chi connectivity index (χ1n) is 10.9. The molecule has 0 aliphatic carbocycles. The number of rotatable bonds is 9. The van der Waals surface area contributed by atoms with Crippen LogP contribution in [0.1, 0.15) is 46.9 Å². The summed E-state index contributed by atoms with van der Waals surface area (Å²) in [5.41, 5.74) is 3.49. The van der Waals surface area contributed by atoms with Crippen molar-refractivity contribution in [1.82, 2.24) is 15.5 Å². The Balaban J connectivity index is 1.75. The number of nitrogens with zero attached hydrogens (tertiary/aromatic N) is 1. The SMILES string of the molecule is CC(C)N(C)Cc1ccccc1CNC(=O)C(NC(=O)c1ccccc1)c1ccccc1. The van der Waals surface area contributed by atoms with Gasteiger partial charge in [0.15, 0.2) is 0 Å². The van der Waals surface area contributed by atoms with Gasteiger partial charge in [-0.3, -0.25) is 14.5 Å². The minimum atomic E-state index is -0.783. The molecule has 2 amide bonds. The number of nitrogens with one attached hydrogen (secondary N) is 2. The van der Waals surface area contributed by atoms with Crippen LogP contribution in [-0.2, 0) is 17.9 Å². The number of hydrogen-bond acceptors (Lipinski definition) is 3. The Morgan fingerprint density at radius 1 is 0.812 bits per heavy atom. The van der Waals surface area contributed by atoms with E-state index in [1.54, 1.807) is 24.3 Å². The molecule has 32 heavy (non-hydrogen) atoms. The maximum absolute atomic E-state index is 13.2. The highest BCUT2D eigenvalue weighted by molar-refractivity contribution is 5.97. The lowest BCUT2D eigenvalue weighted by atomic mass is 10.0. The predicted molar refractivity (Wildman–Crippen MR) is 128 cm³/mol. The molecule has 0 fully saturated rings.